The summed E-state index contributed by atoms with van der Waals surface area (Å²) in [5, 5.41) is 2.79. The van der Waals surface area contributed by atoms with E-state index in [1.165, 1.54) is 29.2 Å². The molecule has 5 amide bonds. The Bertz CT molecular complexity index is 1600. The van der Waals surface area contributed by atoms with Crippen molar-refractivity contribution in [3.8, 4) is 0 Å². The number of alkyl halides is 3. The summed E-state index contributed by atoms with van der Waals surface area (Å²) in [4.78, 5) is 67.1. The topological polar surface area (TPSA) is 126 Å². The highest BCUT2D eigenvalue weighted by molar-refractivity contribution is 6.06. The van der Waals surface area contributed by atoms with Gasteiger partial charge in [0.2, 0.25) is 17.4 Å². The summed E-state index contributed by atoms with van der Waals surface area (Å²) < 4.78 is 65.3. The Kier molecular flexibility index (Phi) is 8.71. The van der Waals surface area contributed by atoms with Gasteiger partial charge in [0, 0.05) is 37.3 Å². The first-order valence-electron chi connectivity index (χ1n) is 15.0. The van der Waals surface area contributed by atoms with Crippen molar-refractivity contribution in [2.75, 3.05) is 25.0 Å². The highest BCUT2D eigenvalue weighted by Crippen LogP contribution is 2.46. The maximum absolute atomic E-state index is 13.7. The van der Waals surface area contributed by atoms with Crippen molar-refractivity contribution >= 4 is 35.6 Å². The van der Waals surface area contributed by atoms with Crippen LogP contribution in [0.2, 0.25) is 0 Å². The number of nitrogens with zero attached hydrogens (tertiary/aromatic N) is 3. The number of carbonyl (C=O) groups excluding carboxylic acids is 5. The average Bonchev–Trinajstić information content (AvgIpc) is 3.41. The Balaban J connectivity index is 1.25. The number of rotatable bonds is 7. The van der Waals surface area contributed by atoms with E-state index in [9.17, 15) is 41.5 Å². The van der Waals surface area contributed by atoms with Gasteiger partial charge in [-0.1, -0.05) is 18.2 Å². The van der Waals surface area contributed by atoms with Gasteiger partial charge in [-0.2, -0.15) is 13.2 Å². The van der Waals surface area contributed by atoms with Crippen molar-refractivity contribution < 1.29 is 51.0 Å². The molecule has 1 spiro atoms. The van der Waals surface area contributed by atoms with Crippen LogP contribution in [0.15, 0.2) is 42.5 Å². The molecule has 252 valence electrons. The van der Waals surface area contributed by atoms with Gasteiger partial charge in [-0.15, -0.1) is 0 Å². The van der Waals surface area contributed by atoms with Crippen LogP contribution < -0.4 is 5.32 Å². The monoisotopic (exact) mass is 662 g/mol. The fraction of sp³-hybridized carbons (Fsp3) is 0.469. The lowest BCUT2D eigenvalue weighted by molar-refractivity contribution is -0.187. The summed E-state index contributed by atoms with van der Waals surface area (Å²) in [5.74, 6) is -3.41. The summed E-state index contributed by atoms with van der Waals surface area (Å²) in [7, 11) is 0. The third-order valence-corrected chi connectivity index (χ3v) is 8.35. The summed E-state index contributed by atoms with van der Waals surface area (Å²) in [6, 6.07) is 6.97. The molecule has 0 aromatic heterocycles. The van der Waals surface area contributed by atoms with Crippen LogP contribution in [0.1, 0.15) is 50.8 Å². The molecular formula is C32H34F4N4O7. The number of anilines is 1. The summed E-state index contributed by atoms with van der Waals surface area (Å²) in [6.07, 6.45) is -6.20. The number of hydrogen-bond acceptors (Lipinski definition) is 7. The Morgan fingerprint density at radius 3 is 2.36 bits per heavy atom. The number of aryl methyl sites for hydroxylation is 1. The fourth-order valence-corrected chi connectivity index (χ4v) is 5.73. The molecule has 2 saturated heterocycles. The molecule has 1 N–H and O–H groups in total. The largest absolute Gasteiger partial charge is 0.444 e. The predicted octanol–water partition coefficient (Wildman–Crippen LogP) is 4.73. The second kappa shape index (κ2) is 12.2. The molecule has 2 aliphatic heterocycles. The average molecular weight is 663 g/mol. The van der Waals surface area contributed by atoms with E-state index in [-0.39, 0.29) is 37.4 Å². The Hall–Kier alpha value is -4.69. The predicted molar refractivity (Wildman–Crippen MR) is 157 cm³/mol. The lowest BCUT2D eigenvalue weighted by Crippen LogP contribution is -2.55. The third-order valence-electron chi connectivity index (χ3n) is 8.35. The maximum Gasteiger partial charge on any atom is 0.418 e. The van der Waals surface area contributed by atoms with Gasteiger partial charge in [-0.25, -0.2) is 18.9 Å². The minimum atomic E-state index is -4.82. The molecule has 11 nitrogen and oxygen atoms in total. The van der Waals surface area contributed by atoms with E-state index in [4.69, 9.17) is 9.47 Å². The van der Waals surface area contributed by atoms with E-state index in [0.717, 1.165) is 19.1 Å². The zero-order valence-electron chi connectivity index (χ0n) is 26.2. The van der Waals surface area contributed by atoms with E-state index in [0.29, 0.717) is 26.6 Å². The normalized spacial score (nSPS) is 20.1. The van der Waals surface area contributed by atoms with E-state index in [1.807, 2.05) is 0 Å². The van der Waals surface area contributed by atoms with Crippen LogP contribution in [-0.4, -0.2) is 82.1 Å². The maximum atomic E-state index is 13.7. The SMILES string of the molecule is C[C@H](N(Cc1ccc(F)cc1)C(=O)CN1C(=O)OC2(CCc3cc(NC(=O)C4CN(C(=O)OC(C)(C)C)C4)ccc32)C1=O)C(F)(F)F. The first kappa shape index (κ1) is 33.7. The highest BCUT2D eigenvalue weighted by atomic mass is 19.4. The number of imide groups is 1. The minimum absolute atomic E-state index is 0.0285. The van der Waals surface area contributed by atoms with Crippen molar-refractivity contribution in [3.63, 3.8) is 0 Å². The molecule has 0 bridgehead atoms. The Morgan fingerprint density at radius 1 is 1.09 bits per heavy atom. The molecule has 2 aromatic carbocycles. The number of nitrogens with one attached hydrogen (secondary N) is 1. The van der Waals surface area contributed by atoms with Crippen LogP contribution in [-0.2, 0) is 42.4 Å². The van der Waals surface area contributed by atoms with E-state index < -0.39 is 72.2 Å². The number of benzene rings is 2. The number of fused-ring (bicyclic) bond motifs is 2. The van der Waals surface area contributed by atoms with Crippen LogP contribution in [0, 0.1) is 11.7 Å². The van der Waals surface area contributed by atoms with Gasteiger partial charge in [0.1, 0.15) is 24.0 Å². The van der Waals surface area contributed by atoms with Crippen LogP contribution in [0.4, 0.5) is 32.8 Å². The smallest absolute Gasteiger partial charge is 0.418 e. The molecule has 2 fully saturated rings. The molecule has 47 heavy (non-hydrogen) atoms. The van der Waals surface area contributed by atoms with Gasteiger partial charge in [0.25, 0.3) is 5.91 Å². The fourth-order valence-electron chi connectivity index (χ4n) is 5.73. The molecule has 2 heterocycles. The van der Waals surface area contributed by atoms with E-state index in [1.54, 1.807) is 26.8 Å². The van der Waals surface area contributed by atoms with E-state index >= 15 is 0 Å². The van der Waals surface area contributed by atoms with Crippen LogP contribution in [0.25, 0.3) is 0 Å². The quantitative estimate of drug-likeness (QED) is 0.425. The molecule has 1 aliphatic carbocycles. The molecule has 2 atom stereocenters. The lowest BCUT2D eigenvalue weighted by Gasteiger charge is -2.38. The van der Waals surface area contributed by atoms with Crippen LogP contribution in [0.3, 0.4) is 0 Å². The summed E-state index contributed by atoms with van der Waals surface area (Å²) >= 11 is 0. The van der Waals surface area contributed by atoms with Crippen LogP contribution >= 0.6 is 0 Å². The number of likely N-dealkylation sites (tertiary alicyclic amines) is 1. The molecule has 0 radical (unpaired) electrons. The van der Waals surface area contributed by atoms with Gasteiger partial charge in [0.15, 0.2) is 0 Å². The Labute approximate surface area is 267 Å². The number of carbonyl (C=O) groups is 5. The standard InChI is InChI=1S/C32H34F4N4O7/c1-18(32(34,35)36)39(14-19-5-7-22(33)8-6-19)25(41)17-40-27(43)31(47-29(40)45)12-11-20-13-23(9-10-24(20)31)37-26(42)21-15-38(16-21)28(44)46-30(2,3)4/h5-10,13,18,21H,11-12,14-17H2,1-4H3,(H,37,42)/t18-,31?/m0/s1. The number of halogens is 4. The first-order chi connectivity index (χ1) is 21.9. The molecular weight excluding hydrogens is 628 g/mol. The second-order valence-corrected chi connectivity index (χ2v) is 12.9. The van der Waals surface area contributed by atoms with Gasteiger partial charge in [0.05, 0.1) is 5.92 Å². The van der Waals surface area contributed by atoms with Crippen molar-refractivity contribution in [2.24, 2.45) is 5.92 Å². The van der Waals surface area contributed by atoms with Crippen molar-refractivity contribution in [1.29, 1.82) is 0 Å². The van der Waals surface area contributed by atoms with Gasteiger partial charge < -0.3 is 24.6 Å². The summed E-state index contributed by atoms with van der Waals surface area (Å²) in [6.45, 7) is 4.86. The lowest BCUT2D eigenvalue weighted by atomic mass is 9.94. The number of hydrogen-bond donors (Lipinski definition) is 1. The molecule has 1 unspecified atom stereocenters. The second-order valence-electron chi connectivity index (χ2n) is 12.9. The third kappa shape index (κ3) is 6.88. The molecule has 2 aromatic rings. The Morgan fingerprint density at radius 2 is 1.74 bits per heavy atom. The van der Waals surface area contributed by atoms with Crippen molar-refractivity contribution in [2.45, 2.75) is 70.5 Å². The molecule has 15 heteroatoms. The number of ether oxygens (including phenoxy) is 2. The van der Waals surface area contributed by atoms with Crippen molar-refractivity contribution in [1.82, 2.24) is 14.7 Å². The highest BCUT2D eigenvalue weighted by Gasteiger charge is 2.58. The van der Waals surface area contributed by atoms with Gasteiger partial charge in [-0.05, 0) is 69.5 Å². The van der Waals surface area contributed by atoms with Gasteiger partial charge >= 0.3 is 18.4 Å². The first-order valence-corrected chi connectivity index (χ1v) is 15.0. The van der Waals surface area contributed by atoms with E-state index in [2.05, 4.69) is 5.32 Å². The summed E-state index contributed by atoms with van der Waals surface area (Å²) in [5.41, 5.74) is -0.851. The molecule has 0 saturated carbocycles. The minimum Gasteiger partial charge on any atom is -0.444 e. The zero-order chi connectivity index (χ0) is 34.5. The van der Waals surface area contributed by atoms with Crippen LogP contribution in [0.5, 0.6) is 0 Å². The van der Waals surface area contributed by atoms with Gasteiger partial charge in [-0.3, -0.25) is 14.4 Å². The number of amides is 5. The zero-order valence-corrected chi connectivity index (χ0v) is 26.2. The van der Waals surface area contributed by atoms with Crippen molar-refractivity contribution in [3.05, 3.63) is 65.0 Å². The molecule has 5 rings (SSSR count). The molecule has 3 aliphatic rings.